The van der Waals surface area contributed by atoms with Gasteiger partial charge in [0.15, 0.2) is 22.5 Å². The molecule has 162 valence electrons. The van der Waals surface area contributed by atoms with Crippen molar-refractivity contribution in [2.24, 2.45) is 0 Å². The van der Waals surface area contributed by atoms with Crippen LogP contribution in [0, 0.1) is 0 Å². The van der Waals surface area contributed by atoms with E-state index in [1.54, 1.807) is 6.07 Å². The highest BCUT2D eigenvalue weighted by Crippen LogP contribution is 2.32. The predicted octanol–water partition coefficient (Wildman–Crippen LogP) is 3.77. The molecule has 1 N–H and O–H groups in total. The van der Waals surface area contributed by atoms with E-state index in [4.69, 9.17) is 14.2 Å². The van der Waals surface area contributed by atoms with Gasteiger partial charge in [-0.1, -0.05) is 30.0 Å². The Kier molecular flexibility index (Phi) is 6.93. The summed E-state index contributed by atoms with van der Waals surface area (Å²) in [7, 11) is 0. The lowest BCUT2D eigenvalue weighted by molar-refractivity contribution is -0.113. The molecule has 2 aromatic carbocycles. The molecule has 0 radical (unpaired) electrons. The Labute approximate surface area is 184 Å². The summed E-state index contributed by atoms with van der Waals surface area (Å²) in [6.45, 7) is 4.24. The van der Waals surface area contributed by atoms with Crippen LogP contribution in [-0.2, 0) is 17.9 Å². The van der Waals surface area contributed by atoms with Crippen molar-refractivity contribution >= 4 is 23.4 Å². The number of nitrogens with zero attached hydrogens (tertiary/aromatic N) is 3. The largest absolute Gasteiger partial charge is 0.490 e. The smallest absolute Gasteiger partial charge is 0.234 e. The van der Waals surface area contributed by atoms with Gasteiger partial charge in [-0.15, -0.1) is 10.2 Å². The minimum Gasteiger partial charge on any atom is -0.490 e. The Hall–Kier alpha value is -3.20. The van der Waals surface area contributed by atoms with E-state index in [1.807, 2.05) is 54.0 Å². The molecule has 0 fully saturated rings. The second-order valence-electron chi connectivity index (χ2n) is 6.79. The SMILES string of the molecule is CCn1c(COc2ccccc2)nnc1SCC(=O)Nc1ccc2c(c1)OCCCO2. The van der Waals surface area contributed by atoms with E-state index in [1.165, 1.54) is 11.8 Å². The summed E-state index contributed by atoms with van der Waals surface area (Å²) in [5.41, 5.74) is 0.670. The van der Waals surface area contributed by atoms with Gasteiger partial charge in [0.1, 0.15) is 12.4 Å². The number of carbonyl (C=O) groups is 1. The number of anilines is 1. The fourth-order valence-corrected chi connectivity index (χ4v) is 3.90. The van der Waals surface area contributed by atoms with E-state index in [-0.39, 0.29) is 11.7 Å². The van der Waals surface area contributed by atoms with Gasteiger partial charge in [0.05, 0.1) is 19.0 Å². The van der Waals surface area contributed by atoms with E-state index in [2.05, 4.69) is 15.5 Å². The number of amides is 1. The minimum atomic E-state index is -0.132. The van der Waals surface area contributed by atoms with Crippen molar-refractivity contribution in [1.82, 2.24) is 14.8 Å². The van der Waals surface area contributed by atoms with Gasteiger partial charge >= 0.3 is 0 Å². The minimum absolute atomic E-state index is 0.132. The number of nitrogens with one attached hydrogen (secondary N) is 1. The van der Waals surface area contributed by atoms with E-state index in [0.717, 1.165) is 18.0 Å². The van der Waals surface area contributed by atoms with Crippen molar-refractivity contribution in [3.05, 3.63) is 54.4 Å². The van der Waals surface area contributed by atoms with E-state index >= 15 is 0 Å². The number of ether oxygens (including phenoxy) is 3. The third-order valence-electron chi connectivity index (χ3n) is 4.58. The van der Waals surface area contributed by atoms with Crippen molar-refractivity contribution in [3.8, 4) is 17.2 Å². The number of benzene rings is 2. The van der Waals surface area contributed by atoms with Crippen LogP contribution in [0.5, 0.6) is 17.2 Å². The third kappa shape index (κ3) is 5.49. The molecular formula is C22H24N4O4S. The average Bonchev–Trinajstić information content (AvgIpc) is 3.04. The number of thioether (sulfide) groups is 1. The quantitative estimate of drug-likeness (QED) is 0.534. The zero-order valence-corrected chi connectivity index (χ0v) is 18.1. The lowest BCUT2D eigenvalue weighted by Crippen LogP contribution is -2.15. The molecule has 0 spiro atoms. The topological polar surface area (TPSA) is 87.5 Å². The third-order valence-corrected chi connectivity index (χ3v) is 5.55. The first-order valence-electron chi connectivity index (χ1n) is 10.1. The van der Waals surface area contributed by atoms with Crippen LogP contribution in [0.2, 0.25) is 0 Å². The Morgan fingerprint density at radius 1 is 1.13 bits per heavy atom. The van der Waals surface area contributed by atoms with Gasteiger partial charge in [-0.05, 0) is 31.2 Å². The number of hydrogen-bond acceptors (Lipinski definition) is 7. The number of carbonyl (C=O) groups excluding carboxylic acids is 1. The maximum Gasteiger partial charge on any atom is 0.234 e. The monoisotopic (exact) mass is 440 g/mol. The molecule has 9 heteroatoms. The maximum atomic E-state index is 12.5. The van der Waals surface area contributed by atoms with Crippen molar-refractivity contribution in [3.63, 3.8) is 0 Å². The van der Waals surface area contributed by atoms with Gasteiger partial charge in [-0.3, -0.25) is 4.79 Å². The molecule has 0 unspecified atom stereocenters. The van der Waals surface area contributed by atoms with Crippen LogP contribution in [0.1, 0.15) is 19.2 Å². The van der Waals surface area contributed by atoms with Crippen molar-refractivity contribution in [1.29, 1.82) is 0 Å². The van der Waals surface area contributed by atoms with Gasteiger partial charge in [-0.2, -0.15) is 0 Å². The van der Waals surface area contributed by atoms with Crippen molar-refractivity contribution in [2.45, 2.75) is 31.7 Å². The highest BCUT2D eigenvalue weighted by Gasteiger charge is 2.15. The molecule has 0 saturated heterocycles. The van der Waals surface area contributed by atoms with Crippen LogP contribution in [0.25, 0.3) is 0 Å². The molecular weight excluding hydrogens is 416 g/mol. The lowest BCUT2D eigenvalue weighted by atomic mass is 10.2. The Balaban J connectivity index is 1.33. The molecule has 3 aromatic rings. The van der Waals surface area contributed by atoms with Crippen LogP contribution in [-0.4, -0.2) is 39.6 Å². The maximum absolute atomic E-state index is 12.5. The van der Waals surface area contributed by atoms with Gasteiger partial charge in [0, 0.05) is 24.7 Å². The number of rotatable bonds is 8. The summed E-state index contributed by atoms with van der Waals surface area (Å²) in [6.07, 6.45) is 0.837. The summed E-state index contributed by atoms with van der Waals surface area (Å²) in [5, 5.41) is 12.0. The van der Waals surface area contributed by atoms with Crippen LogP contribution in [0.3, 0.4) is 0 Å². The molecule has 0 atom stereocenters. The summed E-state index contributed by atoms with van der Waals surface area (Å²) < 4.78 is 19.0. The fraction of sp³-hybridized carbons (Fsp3) is 0.318. The molecule has 31 heavy (non-hydrogen) atoms. The lowest BCUT2D eigenvalue weighted by Gasteiger charge is -2.11. The van der Waals surface area contributed by atoms with E-state index in [0.29, 0.717) is 48.7 Å². The first kappa shape index (κ1) is 21.0. The first-order chi connectivity index (χ1) is 15.2. The van der Waals surface area contributed by atoms with Gasteiger partial charge in [0.2, 0.25) is 5.91 Å². The number of aromatic nitrogens is 3. The Bertz CT molecular complexity index is 1030. The molecule has 2 heterocycles. The molecule has 1 aliphatic heterocycles. The first-order valence-corrected chi connectivity index (χ1v) is 11.1. The molecule has 4 rings (SSSR count). The zero-order valence-electron chi connectivity index (χ0n) is 17.2. The summed E-state index contributed by atoms with van der Waals surface area (Å²) in [6, 6.07) is 15.0. The normalized spacial score (nSPS) is 12.8. The van der Waals surface area contributed by atoms with Gasteiger partial charge in [-0.25, -0.2) is 0 Å². The molecule has 1 aromatic heterocycles. The number of fused-ring (bicyclic) bond motifs is 1. The Morgan fingerprint density at radius 3 is 2.74 bits per heavy atom. The van der Waals surface area contributed by atoms with E-state index < -0.39 is 0 Å². The Morgan fingerprint density at radius 2 is 1.94 bits per heavy atom. The summed E-state index contributed by atoms with van der Waals surface area (Å²) in [5.74, 6) is 2.93. The van der Waals surface area contributed by atoms with Gasteiger partial charge < -0.3 is 24.1 Å². The van der Waals surface area contributed by atoms with Crippen LogP contribution < -0.4 is 19.5 Å². The summed E-state index contributed by atoms with van der Waals surface area (Å²) in [4.78, 5) is 12.5. The highest BCUT2D eigenvalue weighted by molar-refractivity contribution is 7.99. The highest BCUT2D eigenvalue weighted by atomic mass is 32.2. The van der Waals surface area contributed by atoms with Crippen LogP contribution in [0.15, 0.2) is 53.7 Å². The van der Waals surface area contributed by atoms with Gasteiger partial charge in [0.25, 0.3) is 0 Å². The molecule has 1 aliphatic rings. The standard InChI is InChI=1S/C22H24N4O4S/c1-2-26-20(14-30-17-7-4-3-5-8-17)24-25-22(26)31-15-21(27)23-16-9-10-18-19(13-16)29-12-6-11-28-18/h3-5,7-10,13H,2,6,11-12,14-15H2,1H3,(H,23,27). The van der Waals surface area contributed by atoms with Crippen LogP contribution >= 0.6 is 11.8 Å². The molecule has 1 amide bonds. The molecule has 0 aliphatic carbocycles. The van der Waals surface area contributed by atoms with Crippen molar-refractivity contribution < 1.29 is 19.0 Å². The molecule has 0 saturated carbocycles. The predicted molar refractivity (Wildman–Crippen MR) is 118 cm³/mol. The van der Waals surface area contributed by atoms with E-state index in [9.17, 15) is 4.79 Å². The fourth-order valence-electron chi connectivity index (χ4n) is 3.08. The number of hydrogen-bond donors (Lipinski definition) is 1. The van der Waals surface area contributed by atoms with Crippen LogP contribution in [0.4, 0.5) is 5.69 Å². The second-order valence-corrected chi connectivity index (χ2v) is 7.74. The summed E-state index contributed by atoms with van der Waals surface area (Å²) >= 11 is 1.34. The molecule has 0 bridgehead atoms. The second kappa shape index (κ2) is 10.2. The van der Waals surface area contributed by atoms with Crippen molar-refractivity contribution in [2.75, 3.05) is 24.3 Å². The number of para-hydroxylation sites is 1. The zero-order chi connectivity index (χ0) is 21.5. The molecule has 8 nitrogen and oxygen atoms in total. The average molecular weight is 441 g/mol.